The number of amides is 2. The van der Waals surface area contributed by atoms with E-state index in [1.54, 1.807) is 13.0 Å². The zero-order chi connectivity index (χ0) is 16.9. The van der Waals surface area contributed by atoms with E-state index in [9.17, 15) is 18.0 Å². The van der Waals surface area contributed by atoms with Gasteiger partial charge in [0, 0.05) is 25.3 Å². The number of carbonyl (C=O) groups is 2. The van der Waals surface area contributed by atoms with Crippen molar-refractivity contribution in [3.8, 4) is 0 Å². The monoisotopic (exact) mass is 341 g/mol. The van der Waals surface area contributed by atoms with Crippen molar-refractivity contribution < 1.29 is 18.0 Å². The zero-order valence-electron chi connectivity index (χ0n) is 12.8. The molecule has 0 radical (unpaired) electrons. The van der Waals surface area contributed by atoms with Crippen LogP contribution < -0.4 is 10.6 Å². The largest absolute Gasteiger partial charge is 0.347 e. The predicted octanol–water partition coefficient (Wildman–Crippen LogP) is -1.45. The first-order valence-electron chi connectivity index (χ1n) is 7.20. The third kappa shape index (κ3) is 4.96. The molecule has 0 saturated carbocycles. The van der Waals surface area contributed by atoms with Crippen molar-refractivity contribution in [2.45, 2.75) is 19.9 Å². The van der Waals surface area contributed by atoms with Crippen molar-refractivity contribution in [1.82, 2.24) is 24.9 Å². The fraction of sp³-hybridized carbons (Fsp3) is 0.538. The lowest BCUT2D eigenvalue weighted by molar-refractivity contribution is -0.139. The van der Waals surface area contributed by atoms with Crippen molar-refractivity contribution in [1.29, 1.82) is 0 Å². The second-order valence-corrected chi connectivity index (χ2v) is 7.25. The Balaban J connectivity index is 1.72. The smallest absolute Gasteiger partial charge is 0.309 e. The van der Waals surface area contributed by atoms with Gasteiger partial charge in [-0.3, -0.25) is 9.59 Å². The van der Waals surface area contributed by atoms with E-state index in [-0.39, 0.29) is 25.4 Å². The molecule has 2 amide bonds. The lowest BCUT2D eigenvalue weighted by Crippen LogP contribution is -2.43. The molecule has 1 aliphatic rings. The first-order valence-corrected chi connectivity index (χ1v) is 8.81. The van der Waals surface area contributed by atoms with E-state index in [0.29, 0.717) is 18.7 Å². The second-order valence-electron chi connectivity index (χ2n) is 5.16. The van der Waals surface area contributed by atoms with Gasteiger partial charge in [-0.2, -0.15) is 0 Å². The average molecular weight is 341 g/mol. The summed E-state index contributed by atoms with van der Waals surface area (Å²) >= 11 is 0. The predicted molar refractivity (Wildman–Crippen MR) is 81.6 cm³/mol. The van der Waals surface area contributed by atoms with Crippen molar-refractivity contribution in [3.63, 3.8) is 0 Å². The van der Waals surface area contributed by atoms with Gasteiger partial charge in [0.1, 0.15) is 6.33 Å². The number of sulfonamides is 1. The Kier molecular flexibility index (Phi) is 5.61. The molecule has 1 saturated heterocycles. The molecule has 2 rings (SSSR count). The van der Waals surface area contributed by atoms with Crippen molar-refractivity contribution in [2.75, 3.05) is 25.4 Å². The van der Waals surface area contributed by atoms with Gasteiger partial charge in [-0.05, 0) is 19.4 Å². The van der Waals surface area contributed by atoms with Gasteiger partial charge in [0.05, 0.1) is 18.0 Å². The highest BCUT2D eigenvalue weighted by atomic mass is 32.2. The minimum Gasteiger partial charge on any atom is -0.347 e. The third-order valence-electron chi connectivity index (χ3n) is 3.35. The van der Waals surface area contributed by atoms with Gasteiger partial charge in [-0.1, -0.05) is 0 Å². The number of aryl methyl sites for hydroxylation is 1. The molecule has 2 N–H and O–H groups in total. The Labute approximate surface area is 134 Å². The van der Waals surface area contributed by atoms with Crippen LogP contribution in [0.15, 0.2) is 12.4 Å². The number of hydrogen-bond donors (Lipinski definition) is 2. The first-order chi connectivity index (χ1) is 10.9. The molecule has 126 valence electrons. The van der Waals surface area contributed by atoms with E-state index < -0.39 is 21.8 Å². The summed E-state index contributed by atoms with van der Waals surface area (Å²) in [5, 5.41) is 4.85. The molecule has 0 aromatic carbocycles. The van der Waals surface area contributed by atoms with Crippen LogP contribution in [0.2, 0.25) is 0 Å². The highest BCUT2D eigenvalue weighted by Crippen LogP contribution is 2.11. The van der Waals surface area contributed by atoms with Crippen LogP contribution in [0.5, 0.6) is 0 Å². The Bertz CT molecular complexity index is 691. The number of hydrogen-bond acceptors (Lipinski definition) is 6. The van der Waals surface area contributed by atoms with Gasteiger partial charge in [0.2, 0.25) is 10.0 Å². The molecular formula is C13H19N5O4S. The molecule has 1 fully saturated rings. The Morgan fingerprint density at radius 3 is 2.65 bits per heavy atom. The maximum Gasteiger partial charge on any atom is 0.309 e. The molecule has 0 spiro atoms. The Hall–Kier alpha value is -2.07. The van der Waals surface area contributed by atoms with Gasteiger partial charge in [-0.15, -0.1) is 0 Å². The topological polar surface area (TPSA) is 121 Å². The van der Waals surface area contributed by atoms with Crippen LogP contribution >= 0.6 is 0 Å². The van der Waals surface area contributed by atoms with Crippen LogP contribution in [-0.4, -0.2) is 59.9 Å². The normalized spacial score (nSPS) is 16.9. The molecule has 0 unspecified atom stereocenters. The van der Waals surface area contributed by atoms with Crippen molar-refractivity contribution >= 4 is 21.8 Å². The number of carbonyl (C=O) groups excluding carboxylic acids is 2. The molecule has 1 aromatic rings. The molecule has 0 bridgehead atoms. The number of rotatable bonds is 5. The first kappa shape index (κ1) is 17.3. The van der Waals surface area contributed by atoms with E-state index in [0.717, 1.165) is 5.69 Å². The number of aromatic nitrogens is 2. The molecule has 0 aliphatic carbocycles. The van der Waals surface area contributed by atoms with Crippen LogP contribution in [-0.2, 0) is 26.2 Å². The summed E-state index contributed by atoms with van der Waals surface area (Å²) in [4.78, 5) is 31.2. The van der Waals surface area contributed by atoms with Crippen LogP contribution in [0.25, 0.3) is 0 Å². The summed E-state index contributed by atoms with van der Waals surface area (Å²) < 4.78 is 24.5. The fourth-order valence-corrected chi connectivity index (χ4v) is 3.70. The average Bonchev–Trinajstić information content (AvgIpc) is 2.83. The van der Waals surface area contributed by atoms with Gasteiger partial charge in [0.25, 0.3) is 0 Å². The van der Waals surface area contributed by atoms with E-state index >= 15 is 0 Å². The highest BCUT2D eigenvalue weighted by Gasteiger charge is 2.27. The third-order valence-corrected chi connectivity index (χ3v) is 5.30. The van der Waals surface area contributed by atoms with Crippen LogP contribution in [0.1, 0.15) is 17.8 Å². The summed E-state index contributed by atoms with van der Waals surface area (Å²) in [5.74, 6) is -1.45. The second kappa shape index (κ2) is 7.47. The van der Waals surface area contributed by atoms with Crippen LogP contribution in [0, 0.1) is 6.92 Å². The number of nitrogens with one attached hydrogen (secondary N) is 2. The molecule has 2 heterocycles. The SMILES string of the molecule is Cc1cc(CNC(=O)C(=O)NCCN2CCCS2(=O)=O)ncn1. The van der Waals surface area contributed by atoms with Crippen molar-refractivity contribution in [2.24, 2.45) is 0 Å². The quantitative estimate of drug-likeness (QED) is 0.632. The minimum atomic E-state index is -3.19. The number of nitrogens with zero attached hydrogens (tertiary/aromatic N) is 3. The minimum absolute atomic E-state index is 0.0953. The van der Waals surface area contributed by atoms with E-state index in [1.165, 1.54) is 10.6 Å². The Morgan fingerprint density at radius 2 is 2.00 bits per heavy atom. The summed E-state index contributed by atoms with van der Waals surface area (Å²) in [6.07, 6.45) is 1.97. The molecule has 1 aliphatic heterocycles. The maximum atomic E-state index is 11.7. The van der Waals surface area contributed by atoms with Crippen LogP contribution in [0.4, 0.5) is 0 Å². The van der Waals surface area contributed by atoms with E-state index in [2.05, 4.69) is 20.6 Å². The van der Waals surface area contributed by atoms with Crippen molar-refractivity contribution in [3.05, 3.63) is 23.8 Å². The van der Waals surface area contributed by atoms with Gasteiger partial charge in [-0.25, -0.2) is 22.7 Å². The summed E-state index contributed by atoms with van der Waals surface area (Å²) in [7, 11) is -3.19. The van der Waals surface area contributed by atoms with Crippen LogP contribution in [0.3, 0.4) is 0 Å². The molecule has 9 nitrogen and oxygen atoms in total. The summed E-state index contributed by atoms with van der Waals surface area (Å²) in [5.41, 5.74) is 1.36. The molecule has 10 heteroatoms. The highest BCUT2D eigenvalue weighted by molar-refractivity contribution is 7.89. The summed E-state index contributed by atoms with van der Waals surface area (Å²) in [6, 6.07) is 1.70. The molecular weight excluding hydrogens is 322 g/mol. The lowest BCUT2D eigenvalue weighted by Gasteiger charge is -2.14. The Morgan fingerprint density at radius 1 is 1.26 bits per heavy atom. The van der Waals surface area contributed by atoms with Gasteiger partial charge < -0.3 is 10.6 Å². The molecule has 0 atom stereocenters. The summed E-state index contributed by atoms with van der Waals surface area (Å²) in [6.45, 7) is 2.64. The lowest BCUT2D eigenvalue weighted by atomic mass is 10.3. The zero-order valence-corrected chi connectivity index (χ0v) is 13.6. The fourth-order valence-electron chi connectivity index (χ4n) is 2.17. The molecule has 1 aromatic heterocycles. The van der Waals surface area contributed by atoms with E-state index in [4.69, 9.17) is 0 Å². The molecule has 23 heavy (non-hydrogen) atoms. The standard InChI is InChI=1S/C13H19N5O4S/c1-10-7-11(17-9-16-10)8-15-13(20)12(19)14-3-5-18-4-2-6-23(18,21)22/h7,9H,2-6,8H2,1H3,(H,14,19)(H,15,20). The van der Waals surface area contributed by atoms with Gasteiger partial charge >= 0.3 is 11.8 Å². The van der Waals surface area contributed by atoms with E-state index in [1.807, 2.05) is 0 Å². The maximum absolute atomic E-state index is 11.7. The van der Waals surface area contributed by atoms with Gasteiger partial charge in [0.15, 0.2) is 0 Å².